The van der Waals surface area contributed by atoms with Gasteiger partial charge in [0.25, 0.3) is 0 Å². The summed E-state index contributed by atoms with van der Waals surface area (Å²) in [6, 6.07) is 18.8. The van der Waals surface area contributed by atoms with Crippen LogP contribution in [0.3, 0.4) is 0 Å². The van der Waals surface area contributed by atoms with Crippen molar-refractivity contribution in [3.8, 4) is 11.1 Å². The number of rotatable bonds is 6. The predicted molar refractivity (Wildman–Crippen MR) is 128 cm³/mol. The summed E-state index contributed by atoms with van der Waals surface area (Å²) in [4.78, 5) is 0. The van der Waals surface area contributed by atoms with Crippen molar-refractivity contribution in [1.29, 1.82) is 0 Å². The Morgan fingerprint density at radius 2 is 1.34 bits per heavy atom. The highest BCUT2D eigenvalue weighted by molar-refractivity contribution is 6.04. The van der Waals surface area contributed by atoms with E-state index in [1.807, 2.05) is 0 Å². The largest absolute Gasteiger partial charge is 0.0628 e. The molecule has 0 N–H and O–H groups in total. The minimum Gasteiger partial charge on any atom is -0.0628 e. The quantitative estimate of drug-likeness (QED) is 0.399. The number of hydrogen-bond acceptors (Lipinski definition) is 0. The van der Waals surface area contributed by atoms with Crippen LogP contribution in [0.2, 0.25) is 0 Å². The van der Waals surface area contributed by atoms with Gasteiger partial charge in [-0.25, -0.2) is 0 Å². The Balaban J connectivity index is 2.04. The lowest BCUT2D eigenvalue weighted by Gasteiger charge is -2.34. The molecule has 29 heavy (non-hydrogen) atoms. The number of hydrogen-bond donors (Lipinski definition) is 0. The minimum atomic E-state index is 0.153. The second kappa shape index (κ2) is 7.63. The molecule has 1 aliphatic carbocycles. The van der Waals surface area contributed by atoms with Gasteiger partial charge in [0.05, 0.1) is 0 Å². The number of fused-ring (bicyclic) bond motifs is 5. The molecule has 0 heterocycles. The van der Waals surface area contributed by atoms with Gasteiger partial charge in [0.1, 0.15) is 0 Å². The van der Waals surface area contributed by atoms with Crippen molar-refractivity contribution in [2.24, 2.45) is 11.8 Å². The van der Waals surface area contributed by atoms with Crippen molar-refractivity contribution < 1.29 is 0 Å². The SMILES string of the molecule is Cc1ccc2c(c1)C(CCC(C)C)(CCC(C)C)c1cc(C)c3ccccc3c1-2. The van der Waals surface area contributed by atoms with Crippen molar-refractivity contribution >= 4 is 10.8 Å². The molecule has 152 valence electrons. The molecule has 0 unspecified atom stereocenters. The third-order valence-corrected chi connectivity index (χ3v) is 7.02. The molecule has 0 fully saturated rings. The fraction of sp³-hybridized carbons (Fsp3) is 0.448. The second-order valence-electron chi connectivity index (χ2n) is 10.2. The first-order chi connectivity index (χ1) is 13.8. The minimum absolute atomic E-state index is 0.153. The van der Waals surface area contributed by atoms with Crippen molar-refractivity contribution in [3.63, 3.8) is 0 Å². The molecule has 3 aromatic rings. The summed E-state index contributed by atoms with van der Waals surface area (Å²) in [7, 11) is 0. The topological polar surface area (TPSA) is 0 Å². The molecule has 3 aromatic carbocycles. The average Bonchev–Trinajstić information content (AvgIpc) is 2.94. The van der Waals surface area contributed by atoms with Crippen LogP contribution in [0.5, 0.6) is 0 Å². The molecule has 0 heteroatoms. The maximum absolute atomic E-state index is 2.54. The Kier molecular flexibility index (Phi) is 5.32. The van der Waals surface area contributed by atoms with E-state index < -0.39 is 0 Å². The number of aryl methyl sites for hydroxylation is 2. The van der Waals surface area contributed by atoms with E-state index in [4.69, 9.17) is 0 Å². The highest BCUT2D eigenvalue weighted by Gasteiger charge is 2.43. The summed E-state index contributed by atoms with van der Waals surface area (Å²) in [5.41, 5.74) is 9.13. The highest BCUT2D eigenvalue weighted by Crippen LogP contribution is 2.56. The van der Waals surface area contributed by atoms with E-state index in [1.165, 1.54) is 58.7 Å². The van der Waals surface area contributed by atoms with Gasteiger partial charge >= 0.3 is 0 Å². The van der Waals surface area contributed by atoms with Gasteiger partial charge in [-0.15, -0.1) is 0 Å². The Morgan fingerprint density at radius 1 is 0.724 bits per heavy atom. The molecule has 0 saturated carbocycles. The fourth-order valence-electron chi connectivity index (χ4n) is 5.38. The van der Waals surface area contributed by atoms with Gasteiger partial charge in [-0.1, -0.05) is 81.8 Å². The van der Waals surface area contributed by atoms with E-state index in [1.54, 1.807) is 11.1 Å². The van der Waals surface area contributed by atoms with Crippen molar-refractivity contribution in [2.45, 2.75) is 72.6 Å². The van der Waals surface area contributed by atoms with Crippen LogP contribution in [0, 0.1) is 25.7 Å². The Morgan fingerprint density at radius 3 is 1.97 bits per heavy atom. The molecule has 0 radical (unpaired) electrons. The molecule has 0 aliphatic heterocycles. The average molecular weight is 385 g/mol. The molecule has 0 saturated heterocycles. The Hall–Kier alpha value is -2.08. The van der Waals surface area contributed by atoms with Gasteiger partial charge in [0.2, 0.25) is 0 Å². The van der Waals surface area contributed by atoms with Gasteiger partial charge in [-0.3, -0.25) is 0 Å². The van der Waals surface area contributed by atoms with Crippen LogP contribution in [0.4, 0.5) is 0 Å². The van der Waals surface area contributed by atoms with E-state index in [2.05, 4.69) is 90.1 Å². The molecule has 1 aliphatic rings. The van der Waals surface area contributed by atoms with Crippen LogP contribution in [0.25, 0.3) is 21.9 Å². The zero-order chi connectivity index (χ0) is 20.8. The molecule has 0 atom stereocenters. The molecule has 0 spiro atoms. The summed E-state index contributed by atoms with van der Waals surface area (Å²) in [6.45, 7) is 14.0. The van der Waals surface area contributed by atoms with Gasteiger partial charge in [-0.2, -0.15) is 0 Å². The maximum atomic E-state index is 2.54. The van der Waals surface area contributed by atoms with Crippen LogP contribution in [0.15, 0.2) is 48.5 Å². The monoisotopic (exact) mass is 384 g/mol. The van der Waals surface area contributed by atoms with E-state index in [9.17, 15) is 0 Å². The smallest absolute Gasteiger partial charge is 0.0215 e. The Labute approximate surface area is 177 Å². The second-order valence-corrected chi connectivity index (χ2v) is 10.2. The standard InChI is InChI=1S/C29H36/c1-19(2)13-15-29(16-14-20(3)4)26-17-21(5)11-12-25(26)28-24-10-8-7-9-23(24)22(6)18-27(28)29/h7-12,17-20H,13-16H2,1-6H3. The van der Waals surface area contributed by atoms with Gasteiger partial charge < -0.3 is 0 Å². The molecular formula is C29H36. The first kappa shape index (κ1) is 20.2. The summed E-state index contributed by atoms with van der Waals surface area (Å²) >= 11 is 0. The van der Waals surface area contributed by atoms with Crippen molar-refractivity contribution in [3.05, 3.63) is 70.8 Å². The van der Waals surface area contributed by atoms with Crippen LogP contribution in [0.1, 0.15) is 75.6 Å². The molecule has 4 rings (SSSR count). The van der Waals surface area contributed by atoms with Gasteiger partial charge in [-0.05, 0) is 90.0 Å². The first-order valence-electron chi connectivity index (χ1n) is 11.5. The lowest BCUT2D eigenvalue weighted by atomic mass is 9.69. The molecule has 0 aromatic heterocycles. The summed E-state index contributed by atoms with van der Waals surface area (Å²) in [5, 5.41) is 2.84. The zero-order valence-electron chi connectivity index (χ0n) is 19.1. The van der Waals surface area contributed by atoms with E-state index >= 15 is 0 Å². The van der Waals surface area contributed by atoms with Crippen LogP contribution in [-0.4, -0.2) is 0 Å². The molecule has 0 nitrogen and oxygen atoms in total. The lowest BCUT2D eigenvalue weighted by molar-refractivity contribution is 0.364. The Bertz CT molecular complexity index is 1020. The van der Waals surface area contributed by atoms with Crippen LogP contribution in [-0.2, 0) is 5.41 Å². The van der Waals surface area contributed by atoms with E-state index in [-0.39, 0.29) is 5.41 Å². The zero-order valence-corrected chi connectivity index (χ0v) is 19.1. The van der Waals surface area contributed by atoms with Gasteiger partial charge in [0.15, 0.2) is 0 Å². The van der Waals surface area contributed by atoms with E-state index in [0.717, 1.165) is 11.8 Å². The fourth-order valence-corrected chi connectivity index (χ4v) is 5.38. The summed E-state index contributed by atoms with van der Waals surface area (Å²) in [6.07, 6.45) is 5.05. The van der Waals surface area contributed by atoms with Crippen molar-refractivity contribution in [2.75, 3.05) is 0 Å². The normalized spacial score (nSPS) is 14.6. The highest BCUT2D eigenvalue weighted by atomic mass is 14.5. The molecule has 0 amide bonds. The van der Waals surface area contributed by atoms with Crippen LogP contribution < -0.4 is 0 Å². The summed E-state index contributed by atoms with van der Waals surface area (Å²) in [5.74, 6) is 1.45. The first-order valence-corrected chi connectivity index (χ1v) is 11.5. The van der Waals surface area contributed by atoms with Gasteiger partial charge in [0, 0.05) is 5.41 Å². The van der Waals surface area contributed by atoms with E-state index in [0.29, 0.717) is 0 Å². The van der Waals surface area contributed by atoms with Crippen LogP contribution >= 0.6 is 0 Å². The molecular weight excluding hydrogens is 348 g/mol. The molecule has 0 bridgehead atoms. The number of benzene rings is 3. The lowest BCUT2D eigenvalue weighted by Crippen LogP contribution is -2.27. The summed E-state index contributed by atoms with van der Waals surface area (Å²) < 4.78 is 0. The third kappa shape index (κ3) is 3.41. The predicted octanol–water partition coefficient (Wildman–Crippen LogP) is 8.60. The maximum Gasteiger partial charge on any atom is 0.0215 e. The van der Waals surface area contributed by atoms with Crippen molar-refractivity contribution in [1.82, 2.24) is 0 Å². The third-order valence-electron chi connectivity index (χ3n) is 7.02.